The Bertz CT molecular complexity index is 541. The predicted octanol–water partition coefficient (Wildman–Crippen LogP) is 2.92. The third-order valence-electron chi connectivity index (χ3n) is 3.88. The summed E-state index contributed by atoms with van der Waals surface area (Å²) in [5.74, 6) is 0.628. The van der Waals surface area contributed by atoms with Crippen molar-refractivity contribution in [2.75, 3.05) is 17.6 Å². The highest BCUT2D eigenvalue weighted by Crippen LogP contribution is 2.52. The van der Waals surface area contributed by atoms with Gasteiger partial charge >= 0.3 is 0 Å². The van der Waals surface area contributed by atoms with Crippen molar-refractivity contribution in [3.05, 3.63) is 10.4 Å². The molecule has 4 nitrogen and oxygen atoms in total. The largest absolute Gasteiger partial charge is 0.396 e. The van der Waals surface area contributed by atoms with Crippen LogP contribution in [0.4, 0.5) is 10.7 Å². The van der Waals surface area contributed by atoms with Crippen LogP contribution in [0.25, 0.3) is 0 Å². The maximum atomic E-state index is 9.09. The highest BCUT2D eigenvalue weighted by Gasteiger charge is 2.45. The van der Waals surface area contributed by atoms with E-state index in [-0.39, 0.29) is 0 Å². The number of nitrogen functional groups attached to an aromatic ring is 1. The number of rotatable bonds is 4. The van der Waals surface area contributed by atoms with E-state index in [4.69, 9.17) is 16.3 Å². The van der Waals surface area contributed by atoms with Crippen molar-refractivity contribution in [2.24, 2.45) is 11.3 Å². The highest BCUT2D eigenvalue weighted by atomic mass is 32.1. The second-order valence-corrected chi connectivity index (χ2v) is 6.16. The van der Waals surface area contributed by atoms with Crippen LogP contribution < -0.4 is 11.1 Å². The number of nitrogens with zero attached hydrogens (tertiary/aromatic N) is 2. The molecule has 0 spiro atoms. The number of anilines is 2. The number of hydrogen-bond acceptors (Lipinski definition) is 5. The molecule has 1 fully saturated rings. The van der Waals surface area contributed by atoms with E-state index >= 15 is 0 Å². The van der Waals surface area contributed by atoms with Gasteiger partial charge in [-0.15, -0.1) is 11.3 Å². The van der Waals surface area contributed by atoms with Gasteiger partial charge in [0.2, 0.25) is 0 Å². The molecule has 0 unspecified atom stereocenters. The zero-order chi connectivity index (χ0) is 13.3. The molecule has 0 saturated heterocycles. The third kappa shape index (κ3) is 2.02. The first-order valence-corrected chi connectivity index (χ1v) is 6.82. The Labute approximate surface area is 111 Å². The van der Waals surface area contributed by atoms with Gasteiger partial charge in [0.25, 0.3) is 0 Å². The van der Waals surface area contributed by atoms with Crippen molar-refractivity contribution in [1.82, 2.24) is 0 Å². The van der Waals surface area contributed by atoms with Gasteiger partial charge in [-0.2, -0.15) is 10.5 Å². The van der Waals surface area contributed by atoms with Gasteiger partial charge < -0.3 is 11.1 Å². The van der Waals surface area contributed by atoms with Crippen LogP contribution in [0.15, 0.2) is 0 Å². The fourth-order valence-electron chi connectivity index (χ4n) is 2.14. The standard InChI is InChI=1S/C13H16N4S/c1-8(2)13(3-4-13)7-17-12-9(5-14)11(16)10(6-15)18-12/h8,17H,3-4,7,16H2,1-2H3. The zero-order valence-electron chi connectivity index (χ0n) is 10.6. The van der Waals surface area contributed by atoms with E-state index in [0.717, 1.165) is 11.5 Å². The molecule has 3 N–H and O–H groups in total. The molecule has 0 radical (unpaired) electrons. The molecule has 1 aromatic heterocycles. The van der Waals surface area contributed by atoms with Crippen LogP contribution in [0.2, 0.25) is 0 Å². The van der Waals surface area contributed by atoms with Crippen molar-refractivity contribution in [3.63, 3.8) is 0 Å². The first-order chi connectivity index (χ1) is 8.54. The maximum absolute atomic E-state index is 9.09. The molecule has 2 rings (SSSR count). The summed E-state index contributed by atoms with van der Waals surface area (Å²) in [6, 6.07) is 4.10. The minimum absolute atomic E-state index is 0.307. The molecular weight excluding hydrogens is 244 g/mol. The van der Waals surface area contributed by atoms with Crippen molar-refractivity contribution in [3.8, 4) is 12.1 Å². The smallest absolute Gasteiger partial charge is 0.131 e. The minimum Gasteiger partial charge on any atom is -0.396 e. The molecule has 0 bridgehead atoms. The summed E-state index contributed by atoms with van der Waals surface area (Å²) in [5, 5.41) is 22.1. The van der Waals surface area contributed by atoms with E-state index in [1.807, 2.05) is 6.07 Å². The van der Waals surface area contributed by atoms with Gasteiger partial charge in [0.1, 0.15) is 27.6 Å². The van der Waals surface area contributed by atoms with Gasteiger partial charge in [-0.25, -0.2) is 0 Å². The van der Waals surface area contributed by atoms with Crippen LogP contribution in [0.1, 0.15) is 37.1 Å². The Hall–Kier alpha value is -1.72. The number of nitriles is 2. The monoisotopic (exact) mass is 260 g/mol. The number of hydrogen-bond donors (Lipinski definition) is 2. The SMILES string of the molecule is CC(C)C1(CNc2sc(C#N)c(N)c2C#N)CC1. The summed E-state index contributed by atoms with van der Waals surface area (Å²) >= 11 is 1.27. The van der Waals surface area contributed by atoms with Gasteiger partial charge in [0.15, 0.2) is 0 Å². The Morgan fingerprint density at radius 3 is 2.50 bits per heavy atom. The van der Waals surface area contributed by atoms with E-state index in [0.29, 0.717) is 27.5 Å². The second-order valence-electron chi connectivity index (χ2n) is 5.14. The van der Waals surface area contributed by atoms with Crippen molar-refractivity contribution in [1.29, 1.82) is 10.5 Å². The molecular formula is C13H16N4S. The molecule has 94 valence electrons. The third-order valence-corrected chi connectivity index (χ3v) is 4.94. The van der Waals surface area contributed by atoms with E-state index in [2.05, 4.69) is 25.2 Å². The van der Waals surface area contributed by atoms with Crippen LogP contribution in [-0.2, 0) is 0 Å². The molecule has 0 aliphatic heterocycles. The fourth-order valence-corrected chi connectivity index (χ4v) is 3.00. The van der Waals surface area contributed by atoms with Crippen molar-refractivity contribution in [2.45, 2.75) is 26.7 Å². The van der Waals surface area contributed by atoms with Crippen LogP contribution in [0, 0.1) is 34.0 Å². The number of nitrogens with one attached hydrogen (secondary N) is 1. The lowest BCUT2D eigenvalue weighted by atomic mass is 9.92. The molecule has 0 amide bonds. The molecule has 1 aliphatic rings. The van der Waals surface area contributed by atoms with Gasteiger partial charge in [0, 0.05) is 6.54 Å². The minimum atomic E-state index is 0.307. The lowest BCUT2D eigenvalue weighted by Crippen LogP contribution is -2.20. The van der Waals surface area contributed by atoms with Gasteiger partial charge in [0.05, 0.1) is 5.69 Å². The average molecular weight is 260 g/mol. The number of nitrogens with two attached hydrogens (primary N) is 1. The molecule has 5 heteroatoms. The summed E-state index contributed by atoms with van der Waals surface area (Å²) in [7, 11) is 0. The highest BCUT2D eigenvalue weighted by molar-refractivity contribution is 7.17. The Morgan fingerprint density at radius 2 is 2.06 bits per heavy atom. The molecule has 0 atom stereocenters. The normalized spacial score (nSPS) is 16.1. The Kier molecular flexibility index (Phi) is 3.19. The zero-order valence-corrected chi connectivity index (χ0v) is 11.4. The van der Waals surface area contributed by atoms with Gasteiger partial charge in [-0.3, -0.25) is 0 Å². The molecule has 1 saturated carbocycles. The first kappa shape index (κ1) is 12.7. The van der Waals surface area contributed by atoms with Crippen molar-refractivity contribution < 1.29 is 0 Å². The lowest BCUT2D eigenvalue weighted by molar-refractivity contribution is 0.380. The van der Waals surface area contributed by atoms with Gasteiger partial charge in [-0.05, 0) is 24.2 Å². The lowest BCUT2D eigenvalue weighted by Gasteiger charge is -2.20. The van der Waals surface area contributed by atoms with E-state index in [9.17, 15) is 0 Å². The fraction of sp³-hybridized carbons (Fsp3) is 0.538. The summed E-state index contributed by atoms with van der Waals surface area (Å²) in [6.45, 7) is 5.30. The van der Waals surface area contributed by atoms with E-state index in [1.165, 1.54) is 24.2 Å². The summed E-state index contributed by atoms with van der Waals surface area (Å²) in [6.07, 6.45) is 2.46. The van der Waals surface area contributed by atoms with E-state index < -0.39 is 0 Å². The average Bonchev–Trinajstić information content (AvgIpc) is 3.07. The molecule has 0 aromatic carbocycles. The second kappa shape index (κ2) is 4.51. The Balaban J connectivity index is 2.16. The maximum Gasteiger partial charge on any atom is 0.131 e. The quantitative estimate of drug-likeness (QED) is 0.871. The van der Waals surface area contributed by atoms with Crippen LogP contribution in [0.5, 0.6) is 0 Å². The topological polar surface area (TPSA) is 85.6 Å². The van der Waals surface area contributed by atoms with Crippen LogP contribution in [-0.4, -0.2) is 6.54 Å². The summed E-state index contributed by atoms with van der Waals surface area (Å²) in [4.78, 5) is 0.420. The summed E-state index contributed by atoms with van der Waals surface area (Å²) in [5.41, 5.74) is 6.85. The van der Waals surface area contributed by atoms with Gasteiger partial charge in [-0.1, -0.05) is 13.8 Å². The van der Waals surface area contributed by atoms with Crippen molar-refractivity contribution >= 4 is 22.0 Å². The first-order valence-electron chi connectivity index (χ1n) is 6.00. The predicted molar refractivity (Wildman–Crippen MR) is 73.2 cm³/mol. The van der Waals surface area contributed by atoms with E-state index in [1.54, 1.807) is 0 Å². The molecule has 1 aliphatic carbocycles. The van der Waals surface area contributed by atoms with Crippen LogP contribution >= 0.6 is 11.3 Å². The molecule has 1 heterocycles. The number of thiophene rings is 1. The molecule has 1 aromatic rings. The summed E-state index contributed by atoms with van der Waals surface area (Å²) < 4.78 is 0. The molecule has 18 heavy (non-hydrogen) atoms. The van der Waals surface area contributed by atoms with Crippen LogP contribution in [0.3, 0.4) is 0 Å². The Morgan fingerprint density at radius 1 is 1.39 bits per heavy atom.